The number of carboxylic acids is 1. The zero-order valence-electron chi connectivity index (χ0n) is 9.32. The molecule has 15 heavy (non-hydrogen) atoms. The third-order valence-electron chi connectivity index (χ3n) is 2.21. The maximum absolute atomic E-state index is 11.3. The van der Waals surface area contributed by atoms with E-state index in [9.17, 15) is 9.59 Å². The SMILES string of the molecule is CCCC[C@H](N)C(=O)NCC(C)C(=O)O. The molecule has 0 aromatic heterocycles. The second-order valence-corrected chi connectivity index (χ2v) is 3.73. The molecule has 5 heteroatoms. The molecule has 4 N–H and O–H groups in total. The van der Waals surface area contributed by atoms with Crippen molar-refractivity contribution < 1.29 is 14.7 Å². The van der Waals surface area contributed by atoms with Gasteiger partial charge < -0.3 is 16.2 Å². The first-order valence-corrected chi connectivity index (χ1v) is 5.25. The Morgan fingerprint density at radius 3 is 2.53 bits per heavy atom. The fourth-order valence-corrected chi connectivity index (χ4v) is 1.03. The highest BCUT2D eigenvalue weighted by Gasteiger charge is 2.16. The highest BCUT2D eigenvalue weighted by Crippen LogP contribution is 1.98. The molecule has 0 aromatic carbocycles. The predicted molar refractivity (Wildman–Crippen MR) is 57.3 cm³/mol. The average molecular weight is 216 g/mol. The number of nitrogens with one attached hydrogen (secondary N) is 1. The van der Waals surface area contributed by atoms with Crippen LogP contribution in [0.1, 0.15) is 33.1 Å². The van der Waals surface area contributed by atoms with Crippen molar-refractivity contribution in [3.63, 3.8) is 0 Å². The zero-order valence-corrected chi connectivity index (χ0v) is 9.32. The van der Waals surface area contributed by atoms with Gasteiger partial charge in [-0.15, -0.1) is 0 Å². The molecule has 0 fully saturated rings. The highest BCUT2D eigenvalue weighted by molar-refractivity contribution is 5.82. The van der Waals surface area contributed by atoms with Crippen LogP contribution in [-0.2, 0) is 9.59 Å². The van der Waals surface area contributed by atoms with E-state index in [4.69, 9.17) is 10.8 Å². The van der Waals surface area contributed by atoms with Crippen LogP contribution in [0.15, 0.2) is 0 Å². The molecule has 0 radical (unpaired) electrons. The third kappa shape index (κ3) is 6.06. The van der Waals surface area contributed by atoms with Crippen LogP contribution in [0.5, 0.6) is 0 Å². The summed E-state index contributed by atoms with van der Waals surface area (Å²) in [6.07, 6.45) is 2.54. The summed E-state index contributed by atoms with van der Waals surface area (Å²) < 4.78 is 0. The molecule has 0 aromatic rings. The molecular weight excluding hydrogens is 196 g/mol. The molecule has 0 bridgehead atoms. The summed E-state index contributed by atoms with van der Waals surface area (Å²) in [6.45, 7) is 3.70. The van der Waals surface area contributed by atoms with Gasteiger partial charge >= 0.3 is 5.97 Å². The first-order valence-electron chi connectivity index (χ1n) is 5.25. The summed E-state index contributed by atoms with van der Waals surface area (Å²) in [5.41, 5.74) is 5.61. The number of aliphatic carboxylic acids is 1. The van der Waals surface area contributed by atoms with Crippen LogP contribution in [0.2, 0.25) is 0 Å². The van der Waals surface area contributed by atoms with E-state index in [1.165, 1.54) is 0 Å². The lowest BCUT2D eigenvalue weighted by atomic mass is 10.1. The van der Waals surface area contributed by atoms with E-state index in [1.807, 2.05) is 6.92 Å². The van der Waals surface area contributed by atoms with Gasteiger partial charge in [-0.1, -0.05) is 26.7 Å². The van der Waals surface area contributed by atoms with Gasteiger partial charge in [0.15, 0.2) is 0 Å². The Balaban J connectivity index is 3.77. The van der Waals surface area contributed by atoms with Gasteiger partial charge in [-0.2, -0.15) is 0 Å². The topological polar surface area (TPSA) is 92.4 Å². The van der Waals surface area contributed by atoms with E-state index in [0.717, 1.165) is 12.8 Å². The minimum Gasteiger partial charge on any atom is -0.481 e. The molecular formula is C10H20N2O3. The largest absolute Gasteiger partial charge is 0.481 e. The van der Waals surface area contributed by atoms with Crippen LogP contribution in [0.25, 0.3) is 0 Å². The summed E-state index contributed by atoms with van der Waals surface area (Å²) in [5, 5.41) is 11.1. The minimum atomic E-state index is -0.919. The quantitative estimate of drug-likeness (QED) is 0.572. The summed E-state index contributed by atoms with van der Waals surface area (Å²) in [5.74, 6) is -1.76. The van der Waals surface area contributed by atoms with Crippen molar-refractivity contribution in [2.24, 2.45) is 11.7 Å². The van der Waals surface area contributed by atoms with Gasteiger partial charge in [-0.25, -0.2) is 0 Å². The van der Waals surface area contributed by atoms with Crippen molar-refractivity contribution in [3.8, 4) is 0 Å². The number of carbonyl (C=O) groups excluding carboxylic acids is 1. The van der Waals surface area contributed by atoms with Gasteiger partial charge in [0.25, 0.3) is 0 Å². The van der Waals surface area contributed by atoms with Crippen molar-refractivity contribution in [2.45, 2.75) is 39.2 Å². The Bertz CT molecular complexity index is 219. The van der Waals surface area contributed by atoms with Gasteiger partial charge in [-0.05, 0) is 6.42 Å². The van der Waals surface area contributed by atoms with E-state index in [-0.39, 0.29) is 12.5 Å². The van der Waals surface area contributed by atoms with Crippen molar-refractivity contribution in [2.75, 3.05) is 6.54 Å². The highest BCUT2D eigenvalue weighted by atomic mass is 16.4. The number of hydrogen-bond acceptors (Lipinski definition) is 3. The Kier molecular flexibility index (Phi) is 6.70. The van der Waals surface area contributed by atoms with Gasteiger partial charge in [0.05, 0.1) is 12.0 Å². The summed E-state index contributed by atoms with van der Waals surface area (Å²) in [7, 11) is 0. The van der Waals surface area contributed by atoms with Crippen LogP contribution in [-0.4, -0.2) is 29.6 Å². The molecule has 0 aliphatic heterocycles. The van der Waals surface area contributed by atoms with Crippen molar-refractivity contribution in [3.05, 3.63) is 0 Å². The molecule has 0 heterocycles. The van der Waals surface area contributed by atoms with Gasteiger partial charge in [0.2, 0.25) is 5.91 Å². The third-order valence-corrected chi connectivity index (χ3v) is 2.21. The molecule has 0 rings (SSSR count). The lowest BCUT2D eigenvalue weighted by Crippen LogP contribution is -2.42. The Morgan fingerprint density at radius 2 is 2.07 bits per heavy atom. The zero-order chi connectivity index (χ0) is 11.8. The molecule has 1 amide bonds. The fraction of sp³-hybridized carbons (Fsp3) is 0.800. The standard InChI is InChI=1S/C10H20N2O3/c1-3-4-5-8(11)9(13)12-6-7(2)10(14)15/h7-8H,3-6,11H2,1-2H3,(H,12,13)(H,14,15)/t7?,8-/m0/s1. The van der Waals surface area contributed by atoms with Crippen LogP contribution in [0.3, 0.4) is 0 Å². The predicted octanol–water partition coefficient (Wildman–Crippen LogP) is 0.341. The normalized spacial score (nSPS) is 14.3. The van der Waals surface area contributed by atoms with Gasteiger partial charge in [0.1, 0.15) is 0 Å². The second-order valence-electron chi connectivity index (χ2n) is 3.73. The molecule has 0 saturated heterocycles. The van der Waals surface area contributed by atoms with Crippen molar-refractivity contribution in [1.29, 1.82) is 0 Å². The number of carboxylic acid groups (broad SMARTS) is 1. The lowest BCUT2D eigenvalue weighted by molar-refractivity contribution is -0.141. The second kappa shape index (κ2) is 7.23. The lowest BCUT2D eigenvalue weighted by Gasteiger charge is -2.13. The van der Waals surface area contributed by atoms with E-state index >= 15 is 0 Å². The first kappa shape index (κ1) is 13.9. The summed E-state index contributed by atoms with van der Waals surface area (Å²) >= 11 is 0. The minimum absolute atomic E-state index is 0.133. The van der Waals surface area contributed by atoms with E-state index in [1.54, 1.807) is 6.92 Å². The summed E-state index contributed by atoms with van der Waals surface area (Å²) in [6, 6.07) is -0.522. The number of nitrogens with two attached hydrogens (primary N) is 1. The number of unbranched alkanes of at least 4 members (excludes halogenated alkanes) is 1. The van der Waals surface area contributed by atoms with Crippen LogP contribution < -0.4 is 11.1 Å². The van der Waals surface area contributed by atoms with Crippen LogP contribution in [0, 0.1) is 5.92 Å². The molecule has 0 aliphatic carbocycles. The molecule has 2 atom stereocenters. The van der Waals surface area contributed by atoms with Gasteiger partial charge in [0, 0.05) is 6.54 Å². The fourth-order valence-electron chi connectivity index (χ4n) is 1.03. The Morgan fingerprint density at radius 1 is 1.47 bits per heavy atom. The average Bonchev–Trinajstić information content (AvgIpc) is 2.21. The maximum atomic E-state index is 11.3. The van der Waals surface area contributed by atoms with Crippen LogP contribution in [0.4, 0.5) is 0 Å². The molecule has 0 spiro atoms. The van der Waals surface area contributed by atoms with Crippen LogP contribution >= 0.6 is 0 Å². The smallest absolute Gasteiger partial charge is 0.308 e. The van der Waals surface area contributed by atoms with E-state index < -0.39 is 17.9 Å². The van der Waals surface area contributed by atoms with Crippen molar-refractivity contribution in [1.82, 2.24) is 5.32 Å². The first-order chi connectivity index (χ1) is 6.99. The molecule has 0 aliphatic rings. The monoisotopic (exact) mass is 216 g/mol. The number of rotatable bonds is 7. The maximum Gasteiger partial charge on any atom is 0.308 e. The summed E-state index contributed by atoms with van der Waals surface area (Å²) in [4.78, 5) is 21.8. The number of carbonyl (C=O) groups is 2. The Hall–Kier alpha value is -1.10. The number of amides is 1. The molecule has 5 nitrogen and oxygen atoms in total. The number of hydrogen-bond donors (Lipinski definition) is 3. The molecule has 1 unspecified atom stereocenters. The Labute approximate surface area is 90.0 Å². The van der Waals surface area contributed by atoms with Crippen molar-refractivity contribution >= 4 is 11.9 Å². The van der Waals surface area contributed by atoms with Gasteiger partial charge in [-0.3, -0.25) is 9.59 Å². The molecule has 88 valence electrons. The van der Waals surface area contributed by atoms with E-state index in [2.05, 4.69) is 5.32 Å². The molecule has 0 saturated carbocycles. The van der Waals surface area contributed by atoms with E-state index in [0.29, 0.717) is 6.42 Å².